The molecule has 0 saturated heterocycles. The molecule has 3 aromatic heterocycles. The van der Waals surface area contributed by atoms with Crippen LogP contribution in [0.1, 0.15) is 39.5 Å². The van der Waals surface area contributed by atoms with Crippen LogP contribution in [0.15, 0.2) is 57.9 Å². The molecular formula is C22H20N4OS. The highest BCUT2D eigenvalue weighted by atomic mass is 32.1. The Balaban J connectivity index is 1.70. The number of anilines is 1. The number of hydrogen-bond acceptors (Lipinski definition) is 6. The van der Waals surface area contributed by atoms with Gasteiger partial charge in [0.15, 0.2) is 5.82 Å². The van der Waals surface area contributed by atoms with Gasteiger partial charge in [-0.3, -0.25) is 0 Å². The molecule has 0 aliphatic carbocycles. The zero-order valence-corrected chi connectivity index (χ0v) is 16.5. The van der Waals surface area contributed by atoms with Gasteiger partial charge in [0, 0.05) is 23.8 Å². The van der Waals surface area contributed by atoms with E-state index in [1.165, 1.54) is 11.1 Å². The van der Waals surface area contributed by atoms with Gasteiger partial charge in [-0.2, -0.15) is 16.3 Å². The summed E-state index contributed by atoms with van der Waals surface area (Å²) in [5, 5.41) is 8.27. The molecule has 1 aromatic carbocycles. The number of benzene rings is 1. The maximum atomic E-state index is 5.93. The van der Waals surface area contributed by atoms with Crippen molar-refractivity contribution >= 4 is 28.8 Å². The number of nitrogen functional groups attached to an aromatic ring is 1. The predicted molar refractivity (Wildman–Crippen MR) is 113 cm³/mol. The van der Waals surface area contributed by atoms with Crippen molar-refractivity contribution < 1.29 is 4.52 Å². The second kappa shape index (κ2) is 7.78. The number of nitrogens with two attached hydrogens (primary N) is 1. The molecule has 140 valence electrons. The van der Waals surface area contributed by atoms with E-state index in [-0.39, 0.29) is 0 Å². The first kappa shape index (κ1) is 18.1. The molecule has 0 aliphatic rings. The Hall–Kier alpha value is -3.25. The van der Waals surface area contributed by atoms with E-state index in [4.69, 9.17) is 10.3 Å². The monoisotopic (exact) mass is 388 g/mol. The largest absolute Gasteiger partial charge is 0.383 e. The first-order valence-corrected chi connectivity index (χ1v) is 9.88. The molecule has 0 radical (unpaired) electrons. The molecule has 0 saturated carbocycles. The number of aromatic nitrogens is 3. The quantitative estimate of drug-likeness (QED) is 0.526. The molecule has 6 heteroatoms. The minimum absolute atomic E-state index is 0.476. The minimum atomic E-state index is 0.476. The normalized spacial score (nSPS) is 11.7. The molecule has 0 fully saturated rings. The van der Waals surface area contributed by atoms with Crippen molar-refractivity contribution in [3.8, 4) is 0 Å². The standard InChI is InChI=1S/C22H20N4OS/c1-14-5-6-16(10-15(14)2)11-19(18-7-9-28-13-18)22-25-20(26-27-22)12-17-4-3-8-24-21(17)23/h3-11,13H,12H2,1-2H3,(H2,23,24)/b19-11+. The fraction of sp³-hybridized carbons (Fsp3) is 0.136. The van der Waals surface area contributed by atoms with Crippen LogP contribution in [0.25, 0.3) is 11.6 Å². The SMILES string of the molecule is Cc1ccc(/C=C(\c2ccsc2)c2nc(Cc3cccnc3N)no2)cc1C. The Morgan fingerprint density at radius 3 is 2.82 bits per heavy atom. The van der Waals surface area contributed by atoms with E-state index in [2.05, 4.69) is 64.7 Å². The number of aryl methyl sites for hydroxylation is 2. The second-order valence-electron chi connectivity index (χ2n) is 6.65. The minimum Gasteiger partial charge on any atom is -0.383 e. The van der Waals surface area contributed by atoms with Gasteiger partial charge in [0.05, 0.1) is 0 Å². The first-order chi connectivity index (χ1) is 13.6. The molecule has 0 aliphatic heterocycles. The zero-order valence-electron chi connectivity index (χ0n) is 15.7. The molecule has 0 spiro atoms. The van der Waals surface area contributed by atoms with E-state index in [1.54, 1.807) is 17.5 Å². The number of pyridine rings is 1. The van der Waals surface area contributed by atoms with Crippen LogP contribution in [0.2, 0.25) is 0 Å². The third-order valence-electron chi connectivity index (χ3n) is 4.65. The Bertz CT molecular complexity index is 1130. The van der Waals surface area contributed by atoms with Crippen molar-refractivity contribution in [3.63, 3.8) is 0 Å². The summed E-state index contributed by atoms with van der Waals surface area (Å²) < 4.78 is 5.60. The molecule has 4 aromatic rings. The first-order valence-electron chi connectivity index (χ1n) is 8.94. The van der Waals surface area contributed by atoms with Crippen LogP contribution >= 0.6 is 11.3 Å². The lowest BCUT2D eigenvalue weighted by molar-refractivity contribution is 0.402. The van der Waals surface area contributed by atoms with Gasteiger partial charge in [-0.25, -0.2) is 4.98 Å². The number of nitrogens with zero attached hydrogens (tertiary/aromatic N) is 3. The average Bonchev–Trinajstić information content (AvgIpc) is 3.37. The summed E-state index contributed by atoms with van der Waals surface area (Å²) in [7, 11) is 0. The fourth-order valence-corrected chi connectivity index (χ4v) is 3.57. The number of rotatable bonds is 5. The molecule has 3 heterocycles. The predicted octanol–water partition coefficient (Wildman–Crippen LogP) is 4.90. The van der Waals surface area contributed by atoms with Crippen molar-refractivity contribution in [2.45, 2.75) is 20.3 Å². The van der Waals surface area contributed by atoms with E-state index in [1.807, 2.05) is 17.5 Å². The lowest BCUT2D eigenvalue weighted by atomic mass is 10.0. The van der Waals surface area contributed by atoms with Crippen molar-refractivity contribution in [2.75, 3.05) is 5.73 Å². The smallest absolute Gasteiger partial charge is 0.258 e. The van der Waals surface area contributed by atoms with Gasteiger partial charge < -0.3 is 10.3 Å². The summed E-state index contributed by atoms with van der Waals surface area (Å²) in [6.07, 6.45) is 4.23. The third-order valence-corrected chi connectivity index (χ3v) is 5.33. The van der Waals surface area contributed by atoms with E-state index < -0.39 is 0 Å². The molecule has 4 rings (SSSR count). The molecule has 5 nitrogen and oxygen atoms in total. The van der Waals surface area contributed by atoms with Gasteiger partial charge >= 0.3 is 0 Å². The van der Waals surface area contributed by atoms with Crippen LogP contribution < -0.4 is 5.73 Å². The molecule has 0 bridgehead atoms. The van der Waals surface area contributed by atoms with E-state index in [9.17, 15) is 0 Å². The van der Waals surface area contributed by atoms with Gasteiger partial charge in [-0.1, -0.05) is 29.4 Å². The van der Waals surface area contributed by atoms with Crippen LogP contribution in [-0.2, 0) is 6.42 Å². The van der Waals surface area contributed by atoms with E-state index >= 15 is 0 Å². The maximum Gasteiger partial charge on any atom is 0.258 e. The molecular weight excluding hydrogens is 368 g/mol. The maximum absolute atomic E-state index is 5.93. The molecule has 2 N–H and O–H groups in total. The van der Waals surface area contributed by atoms with Crippen LogP contribution in [0.4, 0.5) is 5.82 Å². The average molecular weight is 388 g/mol. The molecule has 28 heavy (non-hydrogen) atoms. The lowest BCUT2D eigenvalue weighted by Crippen LogP contribution is -1.99. The van der Waals surface area contributed by atoms with Crippen molar-refractivity contribution in [2.24, 2.45) is 0 Å². The summed E-state index contributed by atoms with van der Waals surface area (Å²) in [5.41, 5.74) is 12.4. The number of thiophene rings is 1. The molecule has 0 unspecified atom stereocenters. The van der Waals surface area contributed by atoms with Crippen LogP contribution in [0.3, 0.4) is 0 Å². The van der Waals surface area contributed by atoms with Gasteiger partial charge in [-0.05, 0) is 65.1 Å². The Morgan fingerprint density at radius 2 is 2.07 bits per heavy atom. The summed E-state index contributed by atoms with van der Waals surface area (Å²) in [6, 6.07) is 12.2. The topological polar surface area (TPSA) is 77.8 Å². The van der Waals surface area contributed by atoms with Gasteiger partial charge in [0.25, 0.3) is 5.89 Å². The van der Waals surface area contributed by atoms with Gasteiger partial charge in [0.2, 0.25) is 0 Å². The van der Waals surface area contributed by atoms with Gasteiger partial charge in [-0.15, -0.1) is 0 Å². The second-order valence-corrected chi connectivity index (χ2v) is 7.43. The Morgan fingerprint density at radius 1 is 1.18 bits per heavy atom. The molecule has 0 amide bonds. The van der Waals surface area contributed by atoms with Crippen LogP contribution in [0.5, 0.6) is 0 Å². The summed E-state index contributed by atoms with van der Waals surface area (Å²) >= 11 is 1.63. The van der Waals surface area contributed by atoms with Crippen LogP contribution in [-0.4, -0.2) is 15.1 Å². The van der Waals surface area contributed by atoms with E-state index in [0.29, 0.717) is 24.0 Å². The van der Waals surface area contributed by atoms with Crippen molar-refractivity contribution in [3.05, 3.63) is 92.9 Å². The Labute approximate surface area is 167 Å². The van der Waals surface area contributed by atoms with Gasteiger partial charge in [0.1, 0.15) is 5.82 Å². The highest BCUT2D eigenvalue weighted by Gasteiger charge is 2.15. The summed E-state index contributed by atoms with van der Waals surface area (Å²) in [6.45, 7) is 4.22. The zero-order chi connectivity index (χ0) is 19.5. The van der Waals surface area contributed by atoms with Crippen molar-refractivity contribution in [1.29, 1.82) is 0 Å². The van der Waals surface area contributed by atoms with E-state index in [0.717, 1.165) is 22.3 Å². The molecule has 0 atom stereocenters. The number of hydrogen-bond donors (Lipinski definition) is 1. The lowest BCUT2D eigenvalue weighted by Gasteiger charge is -2.04. The third kappa shape index (κ3) is 3.87. The summed E-state index contributed by atoms with van der Waals surface area (Å²) in [5.74, 6) is 1.56. The highest BCUT2D eigenvalue weighted by molar-refractivity contribution is 7.08. The van der Waals surface area contributed by atoms with Crippen LogP contribution in [0, 0.1) is 13.8 Å². The highest BCUT2D eigenvalue weighted by Crippen LogP contribution is 2.28. The Kier molecular flexibility index (Phi) is 5.04. The fourth-order valence-electron chi connectivity index (χ4n) is 2.91. The summed E-state index contributed by atoms with van der Waals surface area (Å²) in [4.78, 5) is 8.72. The van der Waals surface area contributed by atoms with Crippen molar-refractivity contribution in [1.82, 2.24) is 15.1 Å².